The van der Waals surface area contributed by atoms with E-state index >= 15 is 0 Å². The van der Waals surface area contributed by atoms with Crippen molar-refractivity contribution in [2.24, 2.45) is 5.10 Å². The fourth-order valence-corrected chi connectivity index (χ4v) is 4.55. The number of anilines is 2. The van der Waals surface area contributed by atoms with Crippen LogP contribution in [0.5, 0.6) is 0 Å². The zero-order valence-electron chi connectivity index (χ0n) is 17.9. The van der Waals surface area contributed by atoms with E-state index in [0.717, 1.165) is 48.3 Å². The summed E-state index contributed by atoms with van der Waals surface area (Å²) in [6, 6.07) is 20.6. The highest BCUT2D eigenvalue weighted by atomic mass is 15.5. The molecule has 1 aromatic carbocycles. The Morgan fingerprint density at radius 1 is 0.844 bits per heavy atom. The molecule has 1 fully saturated rings. The zero-order chi connectivity index (χ0) is 21.3. The fourth-order valence-electron chi connectivity index (χ4n) is 4.55. The molecule has 0 bridgehead atoms. The second-order valence-electron chi connectivity index (χ2n) is 8.40. The maximum Gasteiger partial charge on any atom is 0.160 e. The van der Waals surface area contributed by atoms with Crippen LogP contribution in [-0.2, 0) is 0 Å². The minimum absolute atomic E-state index is 0.265. The summed E-state index contributed by atoms with van der Waals surface area (Å²) in [4.78, 5) is 11.8. The third-order valence-corrected chi connectivity index (χ3v) is 6.25. The van der Waals surface area contributed by atoms with E-state index in [1.807, 2.05) is 46.1 Å². The Labute approximate surface area is 187 Å². The van der Waals surface area contributed by atoms with Gasteiger partial charge >= 0.3 is 0 Å². The number of aromatic nitrogens is 4. The SMILES string of the molecule is C1=NN(c2cc(N3CCCCC3)n3nc(-c4ccccn4)cc3n2)CC1c1ccccc1. The first-order chi connectivity index (χ1) is 15.8. The van der Waals surface area contributed by atoms with Crippen LogP contribution in [0.3, 0.4) is 0 Å². The lowest BCUT2D eigenvalue weighted by Crippen LogP contribution is -2.31. The summed E-state index contributed by atoms with van der Waals surface area (Å²) in [5.74, 6) is 2.20. The van der Waals surface area contributed by atoms with Gasteiger partial charge in [-0.1, -0.05) is 36.4 Å². The van der Waals surface area contributed by atoms with Crippen LogP contribution in [0.2, 0.25) is 0 Å². The van der Waals surface area contributed by atoms with Crippen LogP contribution < -0.4 is 9.91 Å². The Kier molecular flexibility index (Phi) is 4.79. The van der Waals surface area contributed by atoms with Crippen molar-refractivity contribution in [1.82, 2.24) is 19.6 Å². The van der Waals surface area contributed by atoms with Crippen molar-refractivity contribution >= 4 is 23.5 Å². The number of hydrogen-bond donors (Lipinski definition) is 0. The Balaban J connectivity index is 1.40. The molecule has 1 saturated heterocycles. The van der Waals surface area contributed by atoms with Gasteiger partial charge in [0.15, 0.2) is 11.5 Å². The molecule has 7 nitrogen and oxygen atoms in total. The number of fused-ring (bicyclic) bond motifs is 1. The van der Waals surface area contributed by atoms with Gasteiger partial charge in [-0.05, 0) is 37.0 Å². The summed E-state index contributed by atoms with van der Waals surface area (Å²) >= 11 is 0. The minimum Gasteiger partial charge on any atom is -0.356 e. The quantitative estimate of drug-likeness (QED) is 0.488. The summed E-state index contributed by atoms with van der Waals surface area (Å²) < 4.78 is 1.97. The highest BCUT2D eigenvalue weighted by Gasteiger charge is 2.24. The smallest absolute Gasteiger partial charge is 0.160 e. The molecule has 2 aliphatic heterocycles. The number of piperidine rings is 1. The topological polar surface area (TPSA) is 61.9 Å². The number of rotatable bonds is 4. The molecule has 0 aliphatic carbocycles. The average molecular weight is 424 g/mol. The first kappa shape index (κ1) is 19.0. The van der Waals surface area contributed by atoms with Crippen molar-refractivity contribution in [2.75, 3.05) is 29.5 Å². The maximum atomic E-state index is 4.95. The lowest BCUT2D eigenvalue weighted by atomic mass is 10.0. The molecule has 32 heavy (non-hydrogen) atoms. The van der Waals surface area contributed by atoms with Gasteiger partial charge in [-0.15, -0.1) is 0 Å². The molecule has 2 aliphatic rings. The van der Waals surface area contributed by atoms with Gasteiger partial charge in [0, 0.05) is 43.6 Å². The first-order valence-corrected chi connectivity index (χ1v) is 11.3. The molecule has 3 aromatic heterocycles. The summed E-state index contributed by atoms with van der Waals surface area (Å²) in [5.41, 5.74) is 3.79. The number of benzene rings is 1. The predicted octanol–water partition coefficient (Wildman–Crippen LogP) is 4.37. The van der Waals surface area contributed by atoms with Crippen LogP contribution in [0.25, 0.3) is 17.0 Å². The molecule has 160 valence electrons. The molecule has 0 spiro atoms. The second kappa shape index (κ2) is 8.07. The van der Waals surface area contributed by atoms with Gasteiger partial charge in [-0.25, -0.2) is 9.99 Å². The van der Waals surface area contributed by atoms with E-state index < -0.39 is 0 Å². The zero-order valence-corrected chi connectivity index (χ0v) is 17.9. The van der Waals surface area contributed by atoms with E-state index in [4.69, 9.17) is 15.2 Å². The monoisotopic (exact) mass is 423 g/mol. The third kappa shape index (κ3) is 3.49. The van der Waals surface area contributed by atoms with E-state index in [-0.39, 0.29) is 5.92 Å². The van der Waals surface area contributed by atoms with Crippen LogP contribution in [0, 0.1) is 0 Å². The average Bonchev–Trinajstić information content (AvgIpc) is 3.53. The normalized spacial score (nSPS) is 18.6. The molecule has 1 atom stereocenters. The molecular weight excluding hydrogens is 398 g/mol. The van der Waals surface area contributed by atoms with Crippen LogP contribution in [0.1, 0.15) is 30.7 Å². The summed E-state index contributed by atoms with van der Waals surface area (Å²) in [6.07, 6.45) is 7.51. The molecule has 7 heteroatoms. The molecule has 0 amide bonds. The molecule has 5 heterocycles. The Hall–Kier alpha value is -3.74. The summed E-state index contributed by atoms with van der Waals surface area (Å²) in [7, 11) is 0. The summed E-state index contributed by atoms with van der Waals surface area (Å²) in [5, 5.41) is 11.6. The fraction of sp³-hybridized carbons (Fsp3) is 0.280. The van der Waals surface area contributed by atoms with Gasteiger partial charge < -0.3 is 4.90 Å². The van der Waals surface area contributed by atoms with Crippen LogP contribution in [0.15, 0.2) is 72.0 Å². The van der Waals surface area contributed by atoms with E-state index in [2.05, 4.69) is 40.2 Å². The lowest BCUT2D eigenvalue weighted by molar-refractivity contribution is 0.568. The van der Waals surface area contributed by atoms with Crippen molar-refractivity contribution in [2.45, 2.75) is 25.2 Å². The summed E-state index contributed by atoms with van der Waals surface area (Å²) in [6.45, 7) is 2.86. The van der Waals surface area contributed by atoms with Gasteiger partial charge in [0.05, 0.1) is 12.2 Å². The molecular formula is C25H25N7. The van der Waals surface area contributed by atoms with Gasteiger partial charge in [0.25, 0.3) is 0 Å². The van der Waals surface area contributed by atoms with Gasteiger partial charge in [0.2, 0.25) is 0 Å². The van der Waals surface area contributed by atoms with Crippen molar-refractivity contribution in [3.63, 3.8) is 0 Å². The van der Waals surface area contributed by atoms with Crippen molar-refractivity contribution in [3.05, 3.63) is 72.4 Å². The molecule has 0 saturated carbocycles. The van der Waals surface area contributed by atoms with E-state index in [0.29, 0.717) is 0 Å². The molecule has 0 N–H and O–H groups in total. The van der Waals surface area contributed by atoms with Crippen molar-refractivity contribution < 1.29 is 0 Å². The van der Waals surface area contributed by atoms with E-state index in [1.54, 1.807) is 6.20 Å². The van der Waals surface area contributed by atoms with Crippen LogP contribution in [-0.4, -0.2) is 45.4 Å². The molecule has 4 aromatic rings. The highest BCUT2D eigenvalue weighted by Crippen LogP contribution is 2.30. The molecule has 1 unspecified atom stereocenters. The standard InChI is InChI=1S/C25H25N7/c1-3-9-19(10-4-1)20-17-27-31(18-20)23-16-25(30-13-7-2-8-14-30)32-24(28-23)15-22(29-32)21-11-5-6-12-26-21/h1,3-6,9-12,15-17,20H,2,7-8,13-14,18H2. The lowest BCUT2D eigenvalue weighted by Gasteiger charge is -2.29. The Morgan fingerprint density at radius 2 is 1.69 bits per heavy atom. The van der Waals surface area contributed by atoms with E-state index in [1.165, 1.54) is 24.8 Å². The van der Waals surface area contributed by atoms with Crippen molar-refractivity contribution in [1.29, 1.82) is 0 Å². The highest BCUT2D eigenvalue weighted by molar-refractivity contribution is 5.75. The number of pyridine rings is 1. The van der Waals surface area contributed by atoms with Gasteiger partial charge in [0.1, 0.15) is 11.5 Å². The van der Waals surface area contributed by atoms with Gasteiger partial charge in [-0.3, -0.25) is 4.98 Å². The van der Waals surface area contributed by atoms with E-state index in [9.17, 15) is 0 Å². The van der Waals surface area contributed by atoms with Crippen molar-refractivity contribution in [3.8, 4) is 11.4 Å². The van der Waals surface area contributed by atoms with Crippen LogP contribution in [0.4, 0.5) is 11.6 Å². The van der Waals surface area contributed by atoms with Crippen LogP contribution >= 0.6 is 0 Å². The second-order valence-corrected chi connectivity index (χ2v) is 8.40. The molecule has 0 radical (unpaired) electrons. The Morgan fingerprint density at radius 3 is 2.50 bits per heavy atom. The minimum atomic E-state index is 0.265. The van der Waals surface area contributed by atoms with Gasteiger partial charge in [-0.2, -0.15) is 14.7 Å². The predicted molar refractivity (Wildman–Crippen MR) is 127 cm³/mol. The molecule has 6 rings (SSSR count). The number of hydrogen-bond acceptors (Lipinski definition) is 6. The largest absolute Gasteiger partial charge is 0.356 e. The number of nitrogens with zero attached hydrogens (tertiary/aromatic N) is 7. The third-order valence-electron chi connectivity index (χ3n) is 6.25. The number of hydrazone groups is 1. The maximum absolute atomic E-state index is 4.95. The first-order valence-electron chi connectivity index (χ1n) is 11.3. The Bertz CT molecular complexity index is 1240.